The Labute approximate surface area is 209 Å². The molecule has 8 heteroatoms. The predicted molar refractivity (Wildman–Crippen MR) is 143 cm³/mol. The number of anilines is 2. The number of benzene rings is 3. The number of nitrogens with zero attached hydrogens (tertiary/aromatic N) is 4. The van der Waals surface area contributed by atoms with E-state index in [1.807, 2.05) is 54.6 Å². The zero-order valence-electron chi connectivity index (χ0n) is 20.1. The standard InChI is InChI=1S/C28H30FN7/c29-21-11-9-20(10-12-21)19-36-26-8-4-3-7-25(26)34-28(36)31-22-13-16-35(17-14-22)18-15-30-27-32-23-5-1-2-6-24(23)33-27/h1-12,22H,13-19H2,(H,31,34)(H2,30,32,33). The third-order valence-corrected chi connectivity index (χ3v) is 6.94. The molecule has 2 aromatic heterocycles. The number of fused-ring (bicyclic) bond motifs is 2. The zero-order chi connectivity index (χ0) is 24.3. The van der Waals surface area contributed by atoms with Gasteiger partial charge in [0.1, 0.15) is 5.82 Å². The van der Waals surface area contributed by atoms with Crippen molar-refractivity contribution < 1.29 is 4.39 Å². The summed E-state index contributed by atoms with van der Waals surface area (Å²) in [5, 5.41) is 7.13. The number of nitrogens with one attached hydrogen (secondary N) is 3. The van der Waals surface area contributed by atoms with Gasteiger partial charge in [-0.25, -0.2) is 14.4 Å². The van der Waals surface area contributed by atoms with Crippen LogP contribution in [0.25, 0.3) is 22.1 Å². The van der Waals surface area contributed by atoms with Gasteiger partial charge < -0.3 is 25.1 Å². The molecule has 36 heavy (non-hydrogen) atoms. The Morgan fingerprint density at radius 1 is 0.889 bits per heavy atom. The van der Waals surface area contributed by atoms with Crippen LogP contribution in [0.2, 0.25) is 0 Å². The highest BCUT2D eigenvalue weighted by Gasteiger charge is 2.21. The van der Waals surface area contributed by atoms with Crippen LogP contribution < -0.4 is 10.6 Å². The Bertz CT molecular complexity index is 1420. The van der Waals surface area contributed by atoms with E-state index < -0.39 is 0 Å². The summed E-state index contributed by atoms with van der Waals surface area (Å²) in [6.07, 6.45) is 2.12. The molecule has 0 radical (unpaired) electrons. The minimum atomic E-state index is -0.216. The maximum Gasteiger partial charge on any atom is 0.204 e. The minimum absolute atomic E-state index is 0.216. The van der Waals surface area contributed by atoms with Crippen LogP contribution in [0.4, 0.5) is 16.3 Å². The maximum absolute atomic E-state index is 13.4. The number of aromatic amines is 1. The molecule has 0 amide bonds. The van der Waals surface area contributed by atoms with Crippen molar-refractivity contribution in [2.45, 2.75) is 25.4 Å². The van der Waals surface area contributed by atoms with Crippen molar-refractivity contribution in [3.63, 3.8) is 0 Å². The highest BCUT2D eigenvalue weighted by molar-refractivity contribution is 5.79. The van der Waals surface area contributed by atoms with Crippen LogP contribution >= 0.6 is 0 Å². The highest BCUT2D eigenvalue weighted by atomic mass is 19.1. The van der Waals surface area contributed by atoms with Gasteiger partial charge in [0, 0.05) is 32.2 Å². The Hall–Kier alpha value is -3.91. The number of imidazole rings is 2. The lowest BCUT2D eigenvalue weighted by molar-refractivity contribution is 0.226. The third-order valence-electron chi connectivity index (χ3n) is 6.94. The average molecular weight is 484 g/mol. The smallest absolute Gasteiger partial charge is 0.204 e. The summed E-state index contributed by atoms with van der Waals surface area (Å²) in [6, 6.07) is 23.3. The number of H-pyrrole nitrogens is 1. The van der Waals surface area contributed by atoms with Crippen molar-refractivity contribution >= 4 is 34.0 Å². The molecule has 0 bridgehead atoms. The Kier molecular flexibility index (Phi) is 6.26. The number of halogens is 1. The highest BCUT2D eigenvalue weighted by Crippen LogP contribution is 2.24. The van der Waals surface area contributed by atoms with Gasteiger partial charge in [-0.3, -0.25) is 0 Å². The van der Waals surface area contributed by atoms with E-state index in [1.54, 1.807) is 0 Å². The largest absolute Gasteiger partial charge is 0.355 e. The van der Waals surface area contributed by atoms with Crippen LogP contribution in [-0.2, 0) is 6.54 Å². The lowest BCUT2D eigenvalue weighted by atomic mass is 10.1. The normalized spacial score (nSPS) is 15.0. The van der Waals surface area contributed by atoms with Crippen molar-refractivity contribution in [1.82, 2.24) is 24.4 Å². The molecule has 6 rings (SSSR count). The molecule has 3 N–H and O–H groups in total. The summed E-state index contributed by atoms with van der Waals surface area (Å²) in [5.41, 5.74) is 5.14. The first-order chi connectivity index (χ1) is 17.7. The minimum Gasteiger partial charge on any atom is -0.355 e. The first kappa shape index (κ1) is 22.5. The summed E-state index contributed by atoms with van der Waals surface area (Å²) in [5.74, 6) is 1.49. The van der Waals surface area contributed by atoms with Gasteiger partial charge in [0.25, 0.3) is 0 Å². The molecule has 1 saturated heterocycles. The van der Waals surface area contributed by atoms with Crippen molar-refractivity contribution in [1.29, 1.82) is 0 Å². The fraction of sp³-hybridized carbons (Fsp3) is 0.286. The van der Waals surface area contributed by atoms with Gasteiger partial charge in [0.05, 0.1) is 28.6 Å². The Morgan fingerprint density at radius 3 is 2.44 bits per heavy atom. The monoisotopic (exact) mass is 483 g/mol. The fourth-order valence-electron chi connectivity index (χ4n) is 4.97. The molecule has 0 aliphatic carbocycles. The van der Waals surface area contributed by atoms with Crippen molar-refractivity contribution in [2.24, 2.45) is 0 Å². The van der Waals surface area contributed by atoms with Gasteiger partial charge in [0.15, 0.2) is 0 Å². The van der Waals surface area contributed by atoms with Crippen LogP contribution in [0.5, 0.6) is 0 Å². The molecule has 184 valence electrons. The number of para-hydroxylation sites is 4. The quantitative estimate of drug-likeness (QED) is 0.287. The molecule has 0 atom stereocenters. The van der Waals surface area contributed by atoms with Crippen LogP contribution in [-0.4, -0.2) is 56.6 Å². The molecule has 1 aliphatic rings. The topological polar surface area (TPSA) is 73.8 Å². The fourth-order valence-corrected chi connectivity index (χ4v) is 4.97. The van der Waals surface area contributed by atoms with Crippen molar-refractivity contribution in [3.05, 3.63) is 84.2 Å². The van der Waals surface area contributed by atoms with E-state index in [4.69, 9.17) is 4.98 Å². The second kappa shape index (κ2) is 9.99. The van der Waals surface area contributed by atoms with E-state index in [-0.39, 0.29) is 5.82 Å². The van der Waals surface area contributed by atoms with E-state index >= 15 is 0 Å². The van der Waals surface area contributed by atoms with Crippen molar-refractivity contribution in [2.75, 3.05) is 36.8 Å². The van der Waals surface area contributed by atoms with Crippen LogP contribution in [0.3, 0.4) is 0 Å². The Morgan fingerprint density at radius 2 is 1.64 bits per heavy atom. The molecular weight excluding hydrogens is 453 g/mol. The van der Waals surface area contributed by atoms with E-state index in [9.17, 15) is 4.39 Å². The molecule has 1 aliphatic heterocycles. The van der Waals surface area contributed by atoms with Gasteiger partial charge in [-0.15, -0.1) is 0 Å². The molecule has 0 saturated carbocycles. The second-order valence-electron chi connectivity index (χ2n) is 9.43. The number of hydrogen-bond donors (Lipinski definition) is 3. The molecule has 1 fully saturated rings. The molecule has 3 aromatic carbocycles. The van der Waals surface area contributed by atoms with Crippen LogP contribution in [0.15, 0.2) is 72.8 Å². The number of hydrogen-bond acceptors (Lipinski definition) is 5. The predicted octanol–water partition coefficient (Wildman–Crippen LogP) is 5.09. The second-order valence-corrected chi connectivity index (χ2v) is 9.43. The van der Waals surface area contributed by atoms with Gasteiger partial charge in [-0.1, -0.05) is 36.4 Å². The lowest BCUT2D eigenvalue weighted by Crippen LogP contribution is -2.41. The molecule has 0 unspecified atom stereocenters. The molecule has 5 aromatic rings. The SMILES string of the molecule is Fc1ccc(Cn2c(NC3CCN(CCNc4nc5ccccc5[nH]4)CC3)nc3ccccc32)cc1. The summed E-state index contributed by atoms with van der Waals surface area (Å²) in [6.45, 7) is 4.56. The van der Waals surface area contributed by atoms with Gasteiger partial charge in [0.2, 0.25) is 11.9 Å². The molecular formula is C28H30FN7. The average Bonchev–Trinajstić information content (AvgIpc) is 3.47. The number of piperidine rings is 1. The summed E-state index contributed by atoms with van der Waals surface area (Å²) < 4.78 is 15.6. The summed E-state index contributed by atoms with van der Waals surface area (Å²) >= 11 is 0. The summed E-state index contributed by atoms with van der Waals surface area (Å²) in [4.78, 5) is 15.3. The molecule has 7 nitrogen and oxygen atoms in total. The lowest BCUT2D eigenvalue weighted by Gasteiger charge is -2.32. The zero-order valence-corrected chi connectivity index (χ0v) is 20.1. The first-order valence-electron chi connectivity index (χ1n) is 12.6. The van der Waals surface area contributed by atoms with Crippen LogP contribution in [0.1, 0.15) is 18.4 Å². The van der Waals surface area contributed by atoms with E-state index in [0.29, 0.717) is 12.6 Å². The van der Waals surface area contributed by atoms with Gasteiger partial charge in [-0.05, 0) is 54.8 Å². The van der Waals surface area contributed by atoms with E-state index in [1.165, 1.54) is 12.1 Å². The van der Waals surface area contributed by atoms with Crippen molar-refractivity contribution in [3.8, 4) is 0 Å². The van der Waals surface area contributed by atoms with Gasteiger partial charge >= 0.3 is 0 Å². The number of rotatable bonds is 8. The molecule has 3 heterocycles. The summed E-state index contributed by atoms with van der Waals surface area (Å²) in [7, 11) is 0. The third kappa shape index (κ3) is 4.90. The molecule has 0 spiro atoms. The van der Waals surface area contributed by atoms with Gasteiger partial charge in [-0.2, -0.15) is 0 Å². The Balaban J connectivity index is 1.05. The first-order valence-corrected chi connectivity index (χ1v) is 12.6. The number of aromatic nitrogens is 4. The number of likely N-dealkylation sites (tertiary alicyclic amines) is 1. The maximum atomic E-state index is 13.4. The van der Waals surface area contributed by atoms with E-state index in [0.717, 1.165) is 78.5 Å². The van der Waals surface area contributed by atoms with E-state index in [2.05, 4.69) is 36.1 Å². The van der Waals surface area contributed by atoms with Crippen LogP contribution in [0, 0.1) is 5.82 Å².